The van der Waals surface area contributed by atoms with Crippen molar-refractivity contribution < 1.29 is 23.7 Å². The second-order valence-corrected chi connectivity index (χ2v) is 18.5. The molecule has 1 aliphatic heterocycles. The highest BCUT2D eigenvalue weighted by Crippen LogP contribution is 2.42. The van der Waals surface area contributed by atoms with E-state index >= 15 is 0 Å². The average Bonchev–Trinajstić information content (AvgIpc) is 3.37. The van der Waals surface area contributed by atoms with Crippen LogP contribution in [0.3, 0.4) is 0 Å². The lowest BCUT2D eigenvalue weighted by atomic mass is 9.80. The van der Waals surface area contributed by atoms with Crippen LogP contribution in [-0.4, -0.2) is 47.1 Å². The Morgan fingerprint density at radius 1 is 0.397 bits per heavy atom. The summed E-state index contributed by atoms with van der Waals surface area (Å²) in [5, 5.41) is 0. The molecular formula is C56H56O5S2. The number of hydrogen-bond acceptors (Lipinski definition) is 7. The van der Waals surface area contributed by atoms with Crippen molar-refractivity contribution in [3.63, 3.8) is 0 Å². The van der Waals surface area contributed by atoms with E-state index in [0.717, 1.165) is 56.9 Å². The molecule has 7 aromatic carbocycles. The molecule has 0 aromatic heterocycles. The van der Waals surface area contributed by atoms with Gasteiger partial charge in [-0.05, 0) is 56.9 Å². The summed E-state index contributed by atoms with van der Waals surface area (Å²) < 4.78 is 36.7. The third-order valence-electron chi connectivity index (χ3n) is 11.3. The molecule has 0 saturated carbocycles. The van der Waals surface area contributed by atoms with E-state index in [9.17, 15) is 0 Å². The number of hydrogen-bond donors (Lipinski definition) is 0. The number of ether oxygens (including phenoxy) is 5. The standard InChI is InChI=1S/C56H56O5S2/c1-8-23-44(24-9-1)39-57-51(43-61-56(48-31-16-5-17-32-48,49-33-18-6-19-34-49)50-35-20-7-21-36-50)52(58-40-45-25-10-2-11-26-45)53(59-41-46-27-12-3-13-28-46)54(55-62-37-22-38-63-55)60-42-47-29-14-4-15-30-47/h1-21,23-36,51-55H,22,37-43H2/t51-,52-,53+,54-/m1/s1. The van der Waals surface area contributed by atoms with E-state index in [0.29, 0.717) is 26.4 Å². The van der Waals surface area contributed by atoms with Gasteiger partial charge in [-0.2, -0.15) is 0 Å². The molecule has 0 bridgehead atoms. The fourth-order valence-corrected chi connectivity index (χ4v) is 11.2. The van der Waals surface area contributed by atoms with Crippen LogP contribution < -0.4 is 0 Å². The van der Waals surface area contributed by atoms with Gasteiger partial charge in [0.05, 0.1) is 37.6 Å². The van der Waals surface area contributed by atoms with Crippen molar-refractivity contribution in [1.29, 1.82) is 0 Å². The average molecular weight is 873 g/mol. The van der Waals surface area contributed by atoms with E-state index in [2.05, 4.69) is 188 Å². The highest BCUT2D eigenvalue weighted by Gasteiger charge is 2.45. The summed E-state index contributed by atoms with van der Waals surface area (Å²) in [6.07, 6.45) is -1.04. The Morgan fingerprint density at radius 3 is 1.13 bits per heavy atom. The van der Waals surface area contributed by atoms with Gasteiger partial charge in [0.25, 0.3) is 0 Å². The second-order valence-electron chi connectivity index (χ2n) is 15.7. The van der Waals surface area contributed by atoms with Crippen LogP contribution in [0.5, 0.6) is 0 Å². The fourth-order valence-electron chi connectivity index (χ4n) is 8.11. The Bertz CT molecular complexity index is 2200. The molecule has 322 valence electrons. The summed E-state index contributed by atoms with van der Waals surface area (Å²) in [4.78, 5) is 0. The van der Waals surface area contributed by atoms with Crippen molar-refractivity contribution in [3.05, 3.63) is 251 Å². The molecule has 5 nitrogen and oxygen atoms in total. The Morgan fingerprint density at radius 2 is 0.730 bits per heavy atom. The Kier molecular flexibility index (Phi) is 16.8. The molecule has 0 N–H and O–H groups in total. The molecule has 1 aliphatic rings. The van der Waals surface area contributed by atoms with Gasteiger partial charge >= 0.3 is 0 Å². The van der Waals surface area contributed by atoms with Crippen LogP contribution in [0, 0.1) is 0 Å². The molecule has 8 rings (SSSR count). The van der Waals surface area contributed by atoms with Crippen LogP contribution >= 0.6 is 23.5 Å². The molecule has 1 fully saturated rings. The molecule has 7 heteroatoms. The lowest BCUT2D eigenvalue weighted by molar-refractivity contribution is -0.202. The Labute approximate surface area is 382 Å². The van der Waals surface area contributed by atoms with Crippen LogP contribution in [0.25, 0.3) is 0 Å². The summed E-state index contributed by atoms with van der Waals surface area (Å²) in [5.41, 5.74) is 6.36. The van der Waals surface area contributed by atoms with Crippen LogP contribution in [-0.2, 0) is 55.7 Å². The van der Waals surface area contributed by atoms with Crippen molar-refractivity contribution in [2.45, 2.75) is 67.4 Å². The molecule has 0 spiro atoms. The minimum absolute atomic E-state index is 0.0961. The third kappa shape index (κ3) is 12.2. The lowest BCUT2D eigenvalue weighted by Crippen LogP contribution is -2.54. The molecule has 0 amide bonds. The quantitative estimate of drug-likeness (QED) is 0.0629. The zero-order chi connectivity index (χ0) is 42.8. The van der Waals surface area contributed by atoms with E-state index < -0.39 is 23.9 Å². The zero-order valence-corrected chi connectivity index (χ0v) is 37.2. The van der Waals surface area contributed by atoms with Crippen LogP contribution in [0.2, 0.25) is 0 Å². The van der Waals surface area contributed by atoms with E-state index in [1.165, 1.54) is 0 Å². The summed E-state index contributed by atoms with van der Waals surface area (Å²) in [7, 11) is 0. The van der Waals surface area contributed by atoms with Gasteiger partial charge in [-0.3, -0.25) is 0 Å². The van der Waals surface area contributed by atoms with Crippen LogP contribution in [0.4, 0.5) is 0 Å². The lowest BCUT2D eigenvalue weighted by Gasteiger charge is -2.42. The normalized spacial score (nSPS) is 15.3. The molecule has 63 heavy (non-hydrogen) atoms. The third-order valence-corrected chi connectivity index (χ3v) is 14.4. The molecule has 0 aliphatic carbocycles. The maximum Gasteiger partial charge on any atom is 0.143 e. The fraction of sp³-hybridized carbons (Fsp3) is 0.250. The molecule has 1 heterocycles. The van der Waals surface area contributed by atoms with E-state index in [4.69, 9.17) is 23.7 Å². The minimum Gasteiger partial charge on any atom is -0.369 e. The first-order valence-corrected chi connectivity index (χ1v) is 24.0. The van der Waals surface area contributed by atoms with E-state index in [-0.39, 0.29) is 17.3 Å². The zero-order valence-electron chi connectivity index (χ0n) is 35.6. The van der Waals surface area contributed by atoms with Crippen LogP contribution in [0.1, 0.15) is 45.4 Å². The van der Waals surface area contributed by atoms with Gasteiger partial charge in [0.2, 0.25) is 0 Å². The monoisotopic (exact) mass is 872 g/mol. The van der Waals surface area contributed by atoms with Gasteiger partial charge in [-0.1, -0.05) is 212 Å². The van der Waals surface area contributed by atoms with Crippen molar-refractivity contribution in [3.8, 4) is 0 Å². The Hall–Kier alpha value is -4.96. The van der Waals surface area contributed by atoms with Gasteiger partial charge in [-0.25, -0.2) is 0 Å². The predicted molar refractivity (Wildman–Crippen MR) is 259 cm³/mol. The van der Waals surface area contributed by atoms with Crippen molar-refractivity contribution in [1.82, 2.24) is 0 Å². The number of rotatable bonds is 22. The van der Waals surface area contributed by atoms with Gasteiger partial charge in [0, 0.05) is 0 Å². The first-order valence-electron chi connectivity index (χ1n) is 21.9. The SMILES string of the molecule is c1ccc(CO[C@@H]([C@H](OCc2ccccc2)[C@@H](OCc2ccccc2)C2SCCCS2)[C@@H](COC(c2ccccc2)(c2ccccc2)c2ccccc2)OCc2ccccc2)cc1. The molecular weight excluding hydrogens is 817 g/mol. The van der Waals surface area contributed by atoms with Crippen molar-refractivity contribution in [2.75, 3.05) is 18.1 Å². The summed E-state index contributed by atoms with van der Waals surface area (Å²) in [6.45, 7) is 1.68. The van der Waals surface area contributed by atoms with Crippen LogP contribution in [0.15, 0.2) is 212 Å². The van der Waals surface area contributed by atoms with Gasteiger partial charge < -0.3 is 23.7 Å². The van der Waals surface area contributed by atoms with Crippen molar-refractivity contribution in [2.24, 2.45) is 0 Å². The maximum atomic E-state index is 7.63. The van der Waals surface area contributed by atoms with Gasteiger partial charge in [-0.15, -0.1) is 23.5 Å². The molecule has 0 unspecified atom stereocenters. The summed E-state index contributed by atoms with van der Waals surface area (Å²) >= 11 is 3.90. The topological polar surface area (TPSA) is 46.2 Å². The minimum atomic E-state index is -0.985. The first kappa shape index (κ1) is 44.6. The van der Waals surface area contributed by atoms with Gasteiger partial charge in [0.15, 0.2) is 0 Å². The summed E-state index contributed by atoms with van der Waals surface area (Å²) in [5.74, 6) is 2.10. The molecule has 7 aromatic rings. The van der Waals surface area contributed by atoms with Gasteiger partial charge in [0.1, 0.15) is 30.0 Å². The number of thioether (sulfide) groups is 2. The summed E-state index contributed by atoms with van der Waals surface area (Å²) in [6, 6.07) is 73.0. The molecule has 4 atom stereocenters. The van der Waals surface area contributed by atoms with Crippen molar-refractivity contribution >= 4 is 23.5 Å². The molecule has 0 radical (unpaired) electrons. The highest BCUT2D eigenvalue weighted by atomic mass is 32.2. The first-order chi connectivity index (χ1) is 31.3. The number of benzene rings is 7. The van der Waals surface area contributed by atoms with E-state index in [1.807, 2.05) is 47.8 Å². The second kappa shape index (κ2) is 23.6. The van der Waals surface area contributed by atoms with E-state index in [1.54, 1.807) is 0 Å². The smallest absolute Gasteiger partial charge is 0.143 e. The highest BCUT2D eigenvalue weighted by molar-refractivity contribution is 8.17. The Balaban J connectivity index is 1.25. The predicted octanol–water partition coefficient (Wildman–Crippen LogP) is 12.5. The molecule has 1 saturated heterocycles. The maximum absolute atomic E-state index is 7.63. The largest absolute Gasteiger partial charge is 0.369 e.